The molecule has 128 valence electrons. The highest BCUT2D eigenvalue weighted by atomic mass is 16.6. The second kappa shape index (κ2) is 7.87. The summed E-state index contributed by atoms with van der Waals surface area (Å²) in [6.45, 7) is 1.90. The molecular weight excluding hydrogens is 324 g/mol. The van der Waals surface area contributed by atoms with Gasteiger partial charge in [0.05, 0.1) is 12.0 Å². The van der Waals surface area contributed by atoms with Crippen LogP contribution in [0, 0.1) is 17.0 Å². The van der Waals surface area contributed by atoms with Crippen LogP contribution in [0.3, 0.4) is 0 Å². The van der Waals surface area contributed by atoms with E-state index in [-0.39, 0.29) is 11.4 Å². The van der Waals surface area contributed by atoms with E-state index in [1.165, 1.54) is 37.5 Å². The summed E-state index contributed by atoms with van der Waals surface area (Å²) in [4.78, 5) is 34.3. The number of carbonyl (C=O) groups excluding carboxylic acids is 2. The quantitative estimate of drug-likeness (QED) is 0.390. The van der Waals surface area contributed by atoms with Gasteiger partial charge in [-0.15, -0.1) is 0 Å². The Bertz CT molecular complexity index is 824. The van der Waals surface area contributed by atoms with Crippen LogP contribution in [-0.2, 0) is 9.53 Å². The number of amides is 1. The van der Waals surface area contributed by atoms with Gasteiger partial charge >= 0.3 is 5.97 Å². The van der Waals surface area contributed by atoms with Crippen molar-refractivity contribution in [2.45, 2.75) is 6.92 Å². The van der Waals surface area contributed by atoms with Crippen molar-refractivity contribution in [3.05, 3.63) is 81.0 Å². The predicted molar refractivity (Wildman–Crippen MR) is 91.7 cm³/mol. The number of hydrogen-bond acceptors (Lipinski definition) is 5. The minimum absolute atomic E-state index is 0.0677. The number of aryl methyl sites for hydroxylation is 1. The van der Waals surface area contributed by atoms with Crippen molar-refractivity contribution in [2.75, 3.05) is 7.11 Å². The molecule has 0 spiro atoms. The smallest absolute Gasteiger partial charge is 0.354 e. The maximum Gasteiger partial charge on any atom is 0.354 e. The second-order valence-electron chi connectivity index (χ2n) is 5.22. The van der Waals surface area contributed by atoms with Crippen molar-refractivity contribution in [1.29, 1.82) is 0 Å². The average Bonchev–Trinajstić information content (AvgIpc) is 2.61. The number of rotatable bonds is 5. The van der Waals surface area contributed by atoms with Crippen LogP contribution in [0.2, 0.25) is 0 Å². The summed E-state index contributed by atoms with van der Waals surface area (Å²) in [5, 5.41) is 13.2. The molecule has 1 amide bonds. The summed E-state index contributed by atoms with van der Waals surface area (Å²) in [6.07, 6.45) is 1.39. The van der Waals surface area contributed by atoms with Gasteiger partial charge in [-0.2, -0.15) is 0 Å². The van der Waals surface area contributed by atoms with Crippen molar-refractivity contribution < 1.29 is 19.2 Å². The predicted octanol–water partition coefficient (Wildman–Crippen LogP) is 2.85. The van der Waals surface area contributed by atoms with Gasteiger partial charge in [-0.3, -0.25) is 14.9 Å². The number of hydrogen-bond donors (Lipinski definition) is 1. The molecule has 1 N–H and O–H groups in total. The Morgan fingerprint density at radius 1 is 1.08 bits per heavy atom. The number of nitrogens with one attached hydrogen (secondary N) is 1. The molecule has 2 rings (SSSR count). The van der Waals surface area contributed by atoms with Crippen molar-refractivity contribution in [3.8, 4) is 0 Å². The lowest BCUT2D eigenvalue weighted by Crippen LogP contribution is -2.28. The molecule has 0 radical (unpaired) electrons. The number of esters is 1. The fourth-order valence-corrected chi connectivity index (χ4v) is 2.01. The molecule has 0 aromatic heterocycles. The Morgan fingerprint density at radius 2 is 1.68 bits per heavy atom. The van der Waals surface area contributed by atoms with Gasteiger partial charge in [-0.25, -0.2) is 4.79 Å². The average molecular weight is 340 g/mol. The largest absolute Gasteiger partial charge is 0.464 e. The molecule has 0 fully saturated rings. The zero-order chi connectivity index (χ0) is 18.4. The molecule has 2 aromatic rings. The molecule has 2 aromatic carbocycles. The molecule has 0 saturated carbocycles. The van der Waals surface area contributed by atoms with Gasteiger partial charge < -0.3 is 10.1 Å². The van der Waals surface area contributed by atoms with Crippen molar-refractivity contribution >= 4 is 23.6 Å². The van der Waals surface area contributed by atoms with Crippen LogP contribution in [0.15, 0.2) is 54.2 Å². The summed E-state index contributed by atoms with van der Waals surface area (Å²) in [5.74, 6) is -1.18. The number of nitrogens with zero attached hydrogens (tertiary/aromatic N) is 1. The van der Waals surface area contributed by atoms with E-state index in [9.17, 15) is 19.7 Å². The highest BCUT2D eigenvalue weighted by Gasteiger charge is 2.15. The van der Waals surface area contributed by atoms with Crippen LogP contribution in [0.5, 0.6) is 0 Å². The Kier molecular flexibility index (Phi) is 5.62. The molecular formula is C18H16N2O5. The first-order chi connectivity index (χ1) is 11.9. The standard InChI is InChI=1S/C18H16N2O5/c1-12-3-7-14(8-4-12)17(21)19-16(18(22)25-2)11-13-5-9-15(10-6-13)20(23)24/h3-11H,1-2H3,(H,19,21). The zero-order valence-electron chi connectivity index (χ0n) is 13.7. The first-order valence-electron chi connectivity index (χ1n) is 7.33. The third-order valence-electron chi connectivity index (χ3n) is 3.38. The Balaban J connectivity index is 2.26. The van der Waals surface area contributed by atoms with Gasteiger partial charge in [0, 0.05) is 17.7 Å². The third kappa shape index (κ3) is 4.74. The lowest BCUT2D eigenvalue weighted by molar-refractivity contribution is -0.384. The molecule has 0 heterocycles. The summed E-state index contributed by atoms with van der Waals surface area (Å²) in [6, 6.07) is 12.4. The number of methoxy groups -OCH3 is 1. The highest BCUT2D eigenvalue weighted by molar-refractivity contribution is 6.03. The normalized spacial score (nSPS) is 10.9. The van der Waals surface area contributed by atoms with Gasteiger partial charge in [0.25, 0.3) is 11.6 Å². The van der Waals surface area contributed by atoms with Gasteiger partial charge in [0.2, 0.25) is 0 Å². The molecule has 0 saturated heterocycles. The van der Waals surface area contributed by atoms with Gasteiger partial charge in [-0.05, 0) is 42.8 Å². The zero-order valence-corrected chi connectivity index (χ0v) is 13.7. The summed E-state index contributed by atoms with van der Waals surface area (Å²) in [7, 11) is 1.20. The lowest BCUT2D eigenvalue weighted by atomic mass is 10.1. The molecule has 25 heavy (non-hydrogen) atoms. The Hall–Kier alpha value is -3.48. The number of nitro benzene ring substituents is 1. The van der Waals surface area contributed by atoms with Crippen molar-refractivity contribution in [2.24, 2.45) is 0 Å². The first-order valence-corrected chi connectivity index (χ1v) is 7.33. The molecule has 0 aliphatic heterocycles. The number of nitro groups is 1. The molecule has 0 bridgehead atoms. The summed E-state index contributed by atoms with van der Waals surface area (Å²) in [5.41, 5.74) is 1.77. The molecule has 7 heteroatoms. The molecule has 7 nitrogen and oxygen atoms in total. The fourth-order valence-electron chi connectivity index (χ4n) is 2.01. The SMILES string of the molecule is COC(=O)C(=Cc1ccc([N+](=O)[O-])cc1)NC(=O)c1ccc(C)cc1. The summed E-state index contributed by atoms with van der Waals surface area (Å²) < 4.78 is 4.67. The minimum Gasteiger partial charge on any atom is -0.464 e. The first kappa shape index (κ1) is 17.9. The Morgan fingerprint density at radius 3 is 2.20 bits per heavy atom. The van der Waals surface area contributed by atoms with E-state index in [2.05, 4.69) is 10.1 Å². The topological polar surface area (TPSA) is 98.5 Å². The molecule has 0 aliphatic carbocycles. The molecule has 0 unspecified atom stereocenters. The van der Waals surface area contributed by atoms with E-state index >= 15 is 0 Å². The number of carbonyl (C=O) groups is 2. The fraction of sp³-hybridized carbons (Fsp3) is 0.111. The van der Waals surface area contributed by atoms with E-state index in [0.717, 1.165) is 5.56 Å². The van der Waals surface area contributed by atoms with Crippen LogP contribution in [0.4, 0.5) is 5.69 Å². The summed E-state index contributed by atoms with van der Waals surface area (Å²) >= 11 is 0. The van der Waals surface area contributed by atoms with Gasteiger partial charge in [0.15, 0.2) is 0 Å². The third-order valence-corrected chi connectivity index (χ3v) is 3.38. The van der Waals surface area contributed by atoms with Crippen molar-refractivity contribution in [3.63, 3.8) is 0 Å². The second-order valence-corrected chi connectivity index (χ2v) is 5.22. The maximum absolute atomic E-state index is 12.3. The van der Waals surface area contributed by atoms with Gasteiger partial charge in [0.1, 0.15) is 5.70 Å². The van der Waals surface area contributed by atoms with E-state index in [4.69, 9.17) is 0 Å². The monoisotopic (exact) mass is 340 g/mol. The molecule has 0 atom stereocenters. The van der Waals surface area contributed by atoms with E-state index < -0.39 is 16.8 Å². The van der Waals surface area contributed by atoms with Crippen LogP contribution >= 0.6 is 0 Å². The number of benzene rings is 2. The van der Waals surface area contributed by atoms with Crippen LogP contribution in [0.1, 0.15) is 21.5 Å². The minimum atomic E-state index is -0.723. The molecule has 0 aliphatic rings. The number of ether oxygens (including phenoxy) is 1. The highest BCUT2D eigenvalue weighted by Crippen LogP contribution is 2.14. The Labute approximate surface area is 144 Å². The lowest BCUT2D eigenvalue weighted by Gasteiger charge is -2.08. The van der Waals surface area contributed by atoms with Crippen LogP contribution in [0.25, 0.3) is 6.08 Å². The van der Waals surface area contributed by atoms with E-state index in [0.29, 0.717) is 11.1 Å². The number of non-ortho nitro benzene ring substituents is 1. The van der Waals surface area contributed by atoms with Crippen LogP contribution in [-0.4, -0.2) is 23.9 Å². The van der Waals surface area contributed by atoms with Crippen molar-refractivity contribution in [1.82, 2.24) is 5.32 Å². The van der Waals surface area contributed by atoms with Gasteiger partial charge in [-0.1, -0.05) is 17.7 Å². The van der Waals surface area contributed by atoms with E-state index in [1.54, 1.807) is 24.3 Å². The maximum atomic E-state index is 12.3. The van der Waals surface area contributed by atoms with Crippen LogP contribution < -0.4 is 5.32 Å². The van der Waals surface area contributed by atoms with E-state index in [1.807, 2.05) is 6.92 Å².